The Labute approximate surface area is 171 Å². The number of ketones is 1. The fourth-order valence-electron chi connectivity index (χ4n) is 5.30. The number of Topliss-reactive ketones (excluding diaryl/α,β-unsaturated/α-hetero) is 1. The van der Waals surface area contributed by atoms with E-state index < -0.39 is 0 Å². The van der Waals surface area contributed by atoms with Crippen LogP contribution in [0.1, 0.15) is 47.5 Å². The minimum atomic E-state index is -0.300. The fourth-order valence-corrected chi connectivity index (χ4v) is 5.30. The highest BCUT2D eigenvalue weighted by molar-refractivity contribution is 5.95. The van der Waals surface area contributed by atoms with Crippen molar-refractivity contribution >= 4 is 11.5 Å². The van der Waals surface area contributed by atoms with Gasteiger partial charge < -0.3 is 14.5 Å². The van der Waals surface area contributed by atoms with Crippen molar-refractivity contribution in [3.05, 3.63) is 59.4 Å². The van der Waals surface area contributed by atoms with Gasteiger partial charge in [-0.05, 0) is 68.2 Å². The van der Waals surface area contributed by atoms with Gasteiger partial charge >= 0.3 is 0 Å². The molecule has 152 valence electrons. The Bertz CT molecular complexity index is 898. The van der Waals surface area contributed by atoms with Crippen molar-refractivity contribution in [1.82, 2.24) is 4.90 Å². The standard InChI is InChI=1S/C24H27FN2O2/c25-18-8-6-17(7-9-18)22(28)4-2-12-26-13-10-19-20-3-1-5-23-24(20)27(15-16-29-23)21(19)11-14-26/h1,3,5-9,19,21H,2,4,10-16H2. The number of nitrogens with zero attached hydrogens (tertiary/aromatic N) is 2. The number of rotatable bonds is 5. The van der Waals surface area contributed by atoms with Gasteiger partial charge in [-0.1, -0.05) is 12.1 Å². The predicted octanol–water partition coefficient (Wildman–Crippen LogP) is 4.25. The number of benzene rings is 2. The average molecular weight is 394 g/mol. The minimum absolute atomic E-state index is 0.103. The molecule has 0 saturated carbocycles. The van der Waals surface area contributed by atoms with E-state index >= 15 is 0 Å². The number of likely N-dealkylation sites (tertiary alicyclic amines) is 1. The second-order valence-electron chi connectivity index (χ2n) is 8.36. The van der Waals surface area contributed by atoms with Gasteiger partial charge in [0.1, 0.15) is 18.2 Å². The van der Waals surface area contributed by atoms with Crippen molar-refractivity contribution in [2.24, 2.45) is 0 Å². The first-order valence-electron chi connectivity index (χ1n) is 10.7. The molecular weight excluding hydrogens is 367 g/mol. The lowest BCUT2D eigenvalue weighted by Crippen LogP contribution is -2.40. The number of hydrogen-bond acceptors (Lipinski definition) is 4. The molecule has 0 aromatic heterocycles. The van der Waals surface area contributed by atoms with Gasteiger partial charge in [-0.3, -0.25) is 4.79 Å². The normalized spacial score (nSPS) is 23.1. The highest BCUT2D eigenvalue weighted by atomic mass is 19.1. The third-order valence-electron chi connectivity index (χ3n) is 6.71. The molecule has 2 unspecified atom stereocenters. The molecule has 0 N–H and O–H groups in total. The van der Waals surface area contributed by atoms with Crippen LogP contribution in [-0.4, -0.2) is 49.5 Å². The second-order valence-corrected chi connectivity index (χ2v) is 8.36. The zero-order valence-corrected chi connectivity index (χ0v) is 16.6. The number of hydrogen-bond donors (Lipinski definition) is 0. The lowest BCUT2D eigenvalue weighted by molar-refractivity contribution is 0.0975. The summed E-state index contributed by atoms with van der Waals surface area (Å²) in [5.41, 5.74) is 3.41. The van der Waals surface area contributed by atoms with E-state index in [1.807, 2.05) is 0 Å². The number of para-hydroxylation sites is 1. The van der Waals surface area contributed by atoms with Crippen LogP contribution in [0.4, 0.5) is 10.1 Å². The van der Waals surface area contributed by atoms with Gasteiger partial charge in [0, 0.05) is 30.5 Å². The topological polar surface area (TPSA) is 32.8 Å². The highest BCUT2D eigenvalue weighted by Crippen LogP contribution is 2.50. The number of halogens is 1. The van der Waals surface area contributed by atoms with Crippen molar-refractivity contribution in [1.29, 1.82) is 0 Å². The second kappa shape index (κ2) is 7.79. The third-order valence-corrected chi connectivity index (χ3v) is 6.71. The molecule has 0 radical (unpaired) electrons. The van der Waals surface area contributed by atoms with Gasteiger partial charge in [0.05, 0.1) is 12.2 Å². The monoisotopic (exact) mass is 394 g/mol. The van der Waals surface area contributed by atoms with Crippen LogP contribution in [-0.2, 0) is 0 Å². The summed E-state index contributed by atoms with van der Waals surface area (Å²) >= 11 is 0. The Morgan fingerprint density at radius 3 is 2.76 bits per heavy atom. The van der Waals surface area contributed by atoms with E-state index in [0.717, 1.165) is 57.8 Å². The van der Waals surface area contributed by atoms with Crippen molar-refractivity contribution in [2.45, 2.75) is 37.6 Å². The van der Waals surface area contributed by atoms with Crippen LogP contribution in [0.2, 0.25) is 0 Å². The molecule has 4 nitrogen and oxygen atoms in total. The summed E-state index contributed by atoms with van der Waals surface area (Å²) in [5, 5.41) is 0. The third kappa shape index (κ3) is 3.52. The number of carbonyl (C=O) groups excluding carboxylic acids is 1. The Morgan fingerprint density at radius 1 is 1.07 bits per heavy atom. The van der Waals surface area contributed by atoms with E-state index in [1.165, 1.54) is 23.4 Å². The SMILES string of the molecule is O=C(CCCN1CCC2c3cccc4c3N(CCO4)C2CC1)c1ccc(F)cc1. The molecule has 0 spiro atoms. The van der Waals surface area contributed by atoms with Crippen molar-refractivity contribution in [3.8, 4) is 5.75 Å². The van der Waals surface area contributed by atoms with E-state index in [2.05, 4.69) is 28.0 Å². The van der Waals surface area contributed by atoms with Gasteiger partial charge in [0.2, 0.25) is 0 Å². The van der Waals surface area contributed by atoms with Gasteiger partial charge in [-0.25, -0.2) is 4.39 Å². The number of carbonyl (C=O) groups is 1. The van der Waals surface area contributed by atoms with Crippen molar-refractivity contribution in [2.75, 3.05) is 37.7 Å². The summed E-state index contributed by atoms with van der Waals surface area (Å²) in [6.45, 7) is 4.85. The predicted molar refractivity (Wildman–Crippen MR) is 111 cm³/mol. The molecule has 3 aliphatic heterocycles. The molecule has 0 aliphatic carbocycles. The van der Waals surface area contributed by atoms with Crippen LogP contribution < -0.4 is 9.64 Å². The Hall–Kier alpha value is -2.40. The molecule has 0 amide bonds. The van der Waals surface area contributed by atoms with Gasteiger partial charge in [0.15, 0.2) is 5.78 Å². The fraction of sp³-hybridized carbons (Fsp3) is 0.458. The van der Waals surface area contributed by atoms with Crippen LogP contribution in [0.15, 0.2) is 42.5 Å². The van der Waals surface area contributed by atoms with E-state index in [9.17, 15) is 9.18 Å². The molecule has 2 aromatic rings. The van der Waals surface area contributed by atoms with Crippen LogP contribution in [0.3, 0.4) is 0 Å². The molecule has 0 bridgehead atoms. The molecule has 3 heterocycles. The lowest BCUT2D eigenvalue weighted by Gasteiger charge is -2.33. The average Bonchev–Trinajstić information content (AvgIpc) is 2.90. The molecule has 2 atom stereocenters. The van der Waals surface area contributed by atoms with Crippen LogP contribution in [0.25, 0.3) is 0 Å². The lowest BCUT2D eigenvalue weighted by atomic mass is 9.91. The largest absolute Gasteiger partial charge is 0.490 e. The number of fused-ring (bicyclic) bond motifs is 3. The summed E-state index contributed by atoms with van der Waals surface area (Å²) in [4.78, 5) is 17.4. The maximum Gasteiger partial charge on any atom is 0.162 e. The molecular formula is C24H27FN2O2. The molecule has 1 fully saturated rings. The first-order chi connectivity index (χ1) is 14.2. The van der Waals surface area contributed by atoms with E-state index in [-0.39, 0.29) is 11.6 Å². The molecule has 2 aromatic carbocycles. The number of ether oxygens (including phenoxy) is 1. The van der Waals surface area contributed by atoms with Crippen molar-refractivity contribution in [3.63, 3.8) is 0 Å². The zero-order valence-electron chi connectivity index (χ0n) is 16.6. The molecule has 3 aliphatic rings. The summed E-state index contributed by atoms with van der Waals surface area (Å²) in [6, 6.07) is 13.0. The Morgan fingerprint density at radius 2 is 1.90 bits per heavy atom. The van der Waals surface area contributed by atoms with Gasteiger partial charge in [-0.2, -0.15) is 0 Å². The summed E-state index contributed by atoms with van der Waals surface area (Å²) in [6.07, 6.45) is 3.68. The highest BCUT2D eigenvalue weighted by Gasteiger charge is 2.42. The maximum atomic E-state index is 13.0. The van der Waals surface area contributed by atoms with Gasteiger partial charge in [-0.15, -0.1) is 0 Å². The number of anilines is 1. The first-order valence-corrected chi connectivity index (χ1v) is 10.7. The Kier molecular flexibility index (Phi) is 5.00. The quantitative estimate of drug-likeness (QED) is 0.710. The van der Waals surface area contributed by atoms with E-state index in [4.69, 9.17) is 4.74 Å². The molecule has 5 rings (SSSR count). The van der Waals surface area contributed by atoms with E-state index in [1.54, 1.807) is 12.1 Å². The summed E-state index contributed by atoms with van der Waals surface area (Å²) < 4.78 is 18.9. The minimum Gasteiger partial charge on any atom is -0.490 e. The zero-order chi connectivity index (χ0) is 19.8. The van der Waals surface area contributed by atoms with Crippen molar-refractivity contribution < 1.29 is 13.9 Å². The summed E-state index contributed by atoms with van der Waals surface area (Å²) in [7, 11) is 0. The summed E-state index contributed by atoms with van der Waals surface area (Å²) in [5.74, 6) is 1.44. The smallest absolute Gasteiger partial charge is 0.162 e. The molecule has 5 heteroatoms. The maximum absolute atomic E-state index is 13.0. The van der Waals surface area contributed by atoms with Crippen LogP contribution in [0, 0.1) is 5.82 Å². The van der Waals surface area contributed by atoms with Crippen LogP contribution in [0.5, 0.6) is 5.75 Å². The van der Waals surface area contributed by atoms with Gasteiger partial charge in [0.25, 0.3) is 0 Å². The van der Waals surface area contributed by atoms with E-state index in [0.29, 0.717) is 23.9 Å². The molecule has 1 saturated heterocycles. The van der Waals surface area contributed by atoms with Crippen LogP contribution >= 0.6 is 0 Å². The molecule has 29 heavy (non-hydrogen) atoms. The first kappa shape index (κ1) is 18.6. The Balaban J connectivity index is 1.19.